The Hall–Kier alpha value is -1.81. The maximum Gasteiger partial charge on any atom is 0.225 e. The first kappa shape index (κ1) is 15.1. The van der Waals surface area contributed by atoms with E-state index in [1.54, 1.807) is 6.08 Å². The molecule has 3 N–H and O–H groups in total. The van der Waals surface area contributed by atoms with Crippen molar-refractivity contribution in [2.75, 3.05) is 6.61 Å². The van der Waals surface area contributed by atoms with Crippen molar-refractivity contribution in [3.8, 4) is 5.75 Å². The summed E-state index contributed by atoms with van der Waals surface area (Å²) in [6, 6.07) is 7.79. The SMILES string of the molecule is C=CCOc1ccccc1CNC(=O)C1C2CCC(C2)C1N. The minimum Gasteiger partial charge on any atom is -0.489 e. The van der Waals surface area contributed by atoms with Gasteiger partial charge in [-0.15, -0.1) is 0 Å². The molecule has 0 heterocycles. The van der Waals surface area contributed by atoms with Gasteiger partial charge in [-0.05, 0) is 37.2 Å². The molecule has 4 nitrogen and oxygen atoms in total. The van der Waals surface area contributed by atoms with Crippen LogP contribution in [0.2, 0.25) is 0 Å². The topological polar surface area (TPSA) is 64.3 Å². The molecule has 0 aliphatic heterocycles. The molecule has 22 heavy (non-hydrogen) atoms. The Kier molecular flexibility index (Phi) is 4.48. The molecule has 1 aromatic rings. The van der Waals surface area contributed by atoms with E-state index in [4.69, 9.17) is 10.5 Å². The maximum absolute atomic E-state index is 12.5. The molecule has 2 bridgehead atoms. The van der Waals surface area contributed by atoms with Crippen LogP contribution in [-0.2, 0) is 11.3 Å². The molecular weight excluding hydrogens is 276 g/mol. The number of hydrogen-bond acceptors (Lipinski definition) is 3. The Balaban J connectivity index is 1.60. The van der Waals surface area contributed by atoms with Crippen molar-refractivity contribution in [3.63, 3.8) is 0 Å². The molecule has 2 aliphatic rings. The van der Waals surface area contributed by atoms with Gasteiger partial charge in [-0.3, -0.25) is 4.79 Å². The molecule has 118 valence electrons. The van der Waals surface area contributed by atoms with Crippen LogP contribution in [0.3, 0.4) is 0 Å². The van der Waals surface area contributed by atoms with Gasteiger partial charge in [-0.2, -0.15) is 0 Å². The number of nitrogens with one attached hydrogen (secondary N) is 1. The Morgan fingerprint density at radius 2 is 2.14 bits per heavy atom. The second kappa shape index (κ2) is 6.53. The van der Waals surface area contributed by atoms with Crippen LogP contribution >= 0.6 is 0 Å². The van der Waals surface area contributed by atoms with Crippen molar-refractivity contribution >= 4 is 5.91 Å². The summed E-state index contributed by atoms with van der Waals surface area (Å²) in [6.45, 7) is 4.59. The van der Waals surface area contributed by atoms with Crippen molar-refractivity contribution in [2.24, 2.45) is 23.5 Å². The number of para-hydroxylation sites is 1. The molecule has 1 amide bonds. The standard InChI is InChI=1S/C18H24N2O2/c1-2-9-22-15-6-4-3-5-14(15)11-20-18(21)16-12-7-8-13(10-12)17(16)19/h2-6,12-13,16-17H,1,7-11,19H2,(H,20,21). The third-order valence-electron chi connectivity index (χ3n) is 5.07. The molecular formula is C18H24N2O2. The van der Waals surface area contributed by atoms with Crippen LogP contribution in [0.1, 0.15) is 24.8 Å². The third-order valence-corrected chi connectivity index (χ3v) is 5.07. The van der Waals surface area contributed by atoms with E-state index in [1.165, 1.54) is 6.42 Å². The number of amides is 1. The fourth-order valence-electron chi connectivity index (χ4n) is 3.96. The Bertz CT molecular complexity index is 556. The Morgan fingerprint density at radius 3 is 2.86 bits per heavy atom. The summed E-state index contributed by atoms with van der Waals surface area (Å²) in [4.78, 5) is 12.5. The number of ether oxygens (including phenoxy) is 1. The molecule has 4 unspecified atom stereocenters. The highest BCUT2D eigenvalue weighted by Crippen LogP contribution is 2.47. The maximum atomic E-state index is 12.5. The zero-order valence-electron chi connectivity index (χ0n) is 12.8. The first-order valence-corrected chi connectivity index (χ1v) is 8.05. The second-order valence-electron chi connectivity index (χ2n) is 6.36. The highest BCUT2D eigenvalue weighted by atomic mass is 16.5. The van der Waals surface area contributed by atoms with Crippen molar-refractivity contribution in [2.45, 2.75) is 31.8 Å². The number of fused-ring (bicyclic) bond motifs is 2. The highest BCUT2D eigenvalue weighted by molar-refractivity contribution is 5.80. The Labute approximate surface area is 131 Å². The summed E-state index contributed by atoms with van der Waals surface area (Å²) in [5.74, 6) is 1.90. The molecule has 4 heteroatoms. The first-order valence-electron chi connectivity index (χ1n) is 8.05. The van der Waals surface area contributed by atoms with E-state index in [-0.39, 0.29) is 17.9 Å². The van der Waals surface area contributed by atoms with Gasteiger partial charge < -0.3 is 15.8 Å². The lowest BCUT2D eigenvalue weighted by atomic mass is 9.84. The first-order chi connectivity index (χ1) is 10.7. The number of carbonyl (C=O) groups is 1. The molecule has 0 saturated heterocycles. The second-order valence-corrected chi connectivity index (χ2v) is 6.36. The van der Waals surface area contributed by atoms with E-state index in [2.05, 4.69) is 11.9 Å². The van der Waals surface area contributed by atoms with Gasteiger partial charge in [0.15, 0.2) is 0 Å². The number of carbonyl (C=O) groups excluding carboxylic acids is 1. The molecule has 3 rings (SSSR count). The molecule has 4 atom stereocenters. The van der Waals surface area contributed by atoms with E-state index < -0.39 is 0 Å². The molecule has 2 fully saturated rings. The summed E-state index contributed by atoms with van der Waals surface area (Å²) < 4.78 is 5.62. The van der Waals surface area contributed by atoms with Crippen molar-refractivity contribution < 1.29 is 9.53 Å². The average Bonchev–Trinajstić information content (AvgIpc) is 3.12. The zero-order chi connectivity index (χ0) is 15.5. The molecule has 0 radical (unpaired) electrons. The summed E-state index contributed by atoms with van der Waals surface area (Å²) in [5, 5.41) is 3.05. The normalized spacial score (nSPS) is 29.3. The van der Waals surface area contributed by atoms with E-state index >= 15 is 0 Å². The fourth-order valence-corrected chi connectivity index (χ4v) is 3.96. The van der Waals surface area contributed by atoms with Crippen LogP contribution in [0.5, 0.6) is 5.75 Å². The van der Waals surface area contributed by atoms with Gasteiger partial charge >= 0.3 is 0 Å². The van der Waals surface area contributed by atoms with Crippen LogP contribution in [-0.4, -0.2) is 18.6 Å². The van der Waals surface area contributed by atoms with Gasteiger partial charge in [0.05, 0.1) is 5.92 Å². The van der Waals surface area contributed by atoms with E-state index in [0.717, 1.165) is 24.2 Å². The summed E-state index contributed by atoms with van der Waals surface area (Å²) in [5.41, 5.74) is 7.21. The summed E-state index contributed by atoms with van der Waals surface area (Å²) in [7, 11) is 0. The van der Waals surface area contributed by atoms with Crippen LogP contribution in [0.4, 0.5) is 0 Å². The van der Waals surface area contributed by atoms with Crippen LogP contribution in [0.15, 0.2) is 36.9 Å². The predicted molar refractivity (Wildman–Crippen MR) is 86.3 cm³/mol. The molecule has 1 aromatic carbocycles. The average molecular weight is 300 g/mol. The van der Waals surface area contributed by atoms with Crippen molar-refractivity contribution in [1.82, 2.24) is 5.32 Å². The van der Waals surface area contributed by atoms with Crippen LogP contribution in [0.25, 0.3) is 0 Å². The van der Waals surface area contributed by atoms with E-state index in [1.807, 2.05) is 24.3 Å². The minimum absolute atomic E-state index is 0.0139. The van der Waals surface area contributed by atoms with E-state index in [0.29, 0.717) is 25.0 Å². The molecule has 0 spiro atoms. The lowest BCUT2D eigenvalue weighted by Crippen LogP contribution is -2.45. The summed E-state index contributed by atoms with van der Waals surface area (Å²) >= 11 is 0. The van der Waals surface area contributed by atoms with Crippen molar-refractivity contribution in [3.05, 3.63) is 42.5 Å². The van der Waals surface area contributed by atoms with Gasteiger partial charge in [-0.25, -0.2) is 0 Å². The monoisotopic (exact) mass is 300 g/mol. The van der Waals surface area contributed by atoms with Gasteiger partial charge in [-0.1, -0.05) is 30.9 Å². The molecule has 0 aromatic heterocycles. The molecule has 2 saturated carbocycles. The lowest BCUT2D eigenvalue weighted by molar-refractivity contribution is -0.127. The van der Waals surface area contributed by atoms with Crippen LogP contribution < -0.4 is 15.8 Å². The fraction of sp³-hybridized carbons (Fsp3) is 0.500. The van der Waals surface area contributed by atoms with Gasteiger partial charge in [0.2, 0.25) is 5.91 Å². The smallest absolute Gasteiger partial charge is 0.225 e. The van der Waals surface area contributed by atoms with Gasteiger partial charge in [0.1, 0.15) is 12.4 Å². The van der Waals surface area contributed by atoms with Gasteiger partial charge in [0, 0.05) is 18.2 Å². The molecule has 2 aliphatic carbocycles. The van der Waals surface area contributed by atoms with Crippen LogP contribution in [0, 0.1) is 17.8 Å². The predicted octanol–water partition coefficient (Wildman–Crippen LogP) is 2.24. The van der Waals surface area contributed by atoms with Crippen molar-refractivity contribution in [1.29, 1.82) is 0 Å². The quantitative estimate of drug-likeness (QED) is 0.792. The number of hydrogen-bond donors (Lipinski definition) is 2. The minimum atomic E-state index is -0.0139. The highest BCUT2D eigenvalue weighted by Gasteiger charge is 2.48. The largest absolute Gasteiger partial charge is 0.489 e. The summed E-state index contributed by atoms with van der Waals surface area (Å²) in [6.07, 6.45) is 5.17. The number of nitrogens with two attached hydrogens (primary N) is 1. The lowest BCUT2D eigenvalue weighted by Gasteiger charge is -2.27. The third kappa shape index (κ3) is 2.88. The Morgan fingerprint density at radius 1 is 1.36 bits per heavy atom. The number of benzene rings is 1. The number of rotatable bonds is 6. The van der Waals surface area contributed by atoms with Gasteiger partial charge in [0.25, 0.3) is 0 Å². The van der Waals surface area contributed by atoms with E-state index in [9.17, 15) is 4.79 Å². The zero-order valence-corrected chi connectivity index (χ0v) is 12.8.